The van der Waals surface area contributed by atoms with Crippen molar-refractivity contribution in [2.24, 2.45) is 4.99 Å². The van der Waals surface area contributed by atoms with Gasteiger partial charge < -0.3 is 25.0 Å². The Morgan fingerprint density at radius 3 is 2.61 bits per heavy atom. The van der Waals surface area contributed by atoms with Crippen LogP contribution in [0.1, 0.15) is 39.2 Å². The molecule has 7 nitrogen and oxygen atoms in total. The molecule has 1 aromatic rings. The number of likely N-dealkylation sites (tertiary alicyclic amines) is 1. The zero-order chi connectivity index (χ0) is 20.6. The number of ether oxygens (including phenoxy) is 2. The first-order valence-corrected chi connectivity index (χ1v) is 9.92. The second-order valence-corrected chi connectivity index (χ2v) is 7.69. The van der Waals surface area contributed by atoms with Crippen LogP contribution in [0, 0.1) is 0 Å². The summed E-state index contributed by atoms with van der Waals surface area (Å²) in [5, 5.41) is 6.85. The smallest absolute Gasteiger partial charge is 0.409 e. The Morgan fingerprint density at radius 2 is 2.00 bits per heavy atom. The van der Waals surface area contributed by atoms with Crippen molar-refractivity contribution < 1.29 is 14.3 Å². The zero-order valence-electron chi connectivity index (χ0n) is 17.7. The number of hydrogen-bond donors (Lipinski definition) is 2. The summed E-state index contributed by atoms with van der Waals surface area (Å²) in [6.07, 6.45) is 1.50. The average molecular weight is 391 g/mol. The number of aliphatic imine (C=N–C) groups is 1. The molecule has 1 aliphatic rings. The van der Waals surface area contributed by atoms with E-state index in [1.807, 2.05) is 12.1 Å². The molecule has 1 fully saturated rings. The van der Waals surface area contributed by atoms with Gasteiger partial charge in [0.05, 0.1) is 20.8 Å². The molecule has 1 aromatic carbocycles. The molecule has 2 N–H and O–H groups in total. The molecule has 2 rings (SSSR count). The lowest BCUT2D eigenvalue weighted by molar-refractivity contribution is 0.111. The number of nitrogens with zero attached hydrogens (tertiary/aromatic N) is 2. The highest BCUT2D eigenvalue weighted by Gasteiger charge is 2.25. The molecule has 156 valence electrons. The molecule has 0 spiro atoms. The summed E-state index contributed by atoms with van der Waals surface area (Å²) in [5.74, 6) is 1.67. The van der Waals surface area contributed by atoms with E-state index in [1.165, 1.54) is 12.7 Å². The van der Waals surface area contributed by atoms with E-state index in [4.69, 9.17) is 14.5 Å². The summed E-state index contributed by atoms with van der Waals surface area (Å²) in [6, 6.07) is 8.44. The van der Waals surface area contributed by atoms with Crippen molar-refractivity contribution in [1.29, 1.82) is 0 Å². The van der Waals surface area contributed by atoms with Crippen LogP contribution in [0.4, 0.5) is 4.79 Å². The zero-order valence-corrected chi connectivity index (χ0v) is 17.7. The minimum Gasteiger partial charge on any atom is -0.497 e. The molecule has 1 amide bonds. The van der Waals surface area contributed by atoms with Crippen molar-refractivity contribution in [3.8, 4) is 5.75 Å². The summed E-state index contributed by atoms with van der Waals surface area (Å²) in [4.78, 5) is 18.2. The standard InChI is InChI=1S/C21H34N4O3/c1-6-22-19(24-17-10-12-25(13-11-17)20(26)28-5)23-15-21(2,3)16-8-7-9-18(14-16)27-4/h7-9,14,17H,6,10-13,15H2,1-5H3,(H2,22,23,24). The Hall–Kier alpha value is -2.44. The first kappa shape index (κ1) is 21.9. The van der Waals surface area contributed by atoms with E-state index in [2.05, 4.69) is 43.5 Å². The van der Waals surface area contributed by atoms with Crippen molar-refractivity contribution in [2.75, 3.05) is 40.4 Å². The number of amides is 1. The highest BCUT2D eigenvalue weighted by atomic mass is 16.5. The van der Waals surface area contributed by atoms with Gasteiger partial charge in [-0.25, -0.2) is 4.79 Å². The second-order valence-electron chi connectivity index (χ2n) is 7.69. The number of guanidine groups is 1. The molecule has 0 bridgehead atoms. The Morgan fingerprint density at radius 1 is 1.29 bits per heavy atom. The minimum atomic E-state index is -0.251. The highest BCUT2D eigenvalue weighted by Crippen LogP contribution is 2.26. The van der Waals surface area contributed by atoms with Crippen LogP contribution in [0.15, 0.2) is 29.3 Å². The fourth-order valence-electron chi connectivity index (χ4n) is 3.26. The summed E-state index contributed by atoms with van der Waals surface area (Å²) < 4.78 is 10.2. The number of carbonyl (C=O) groups excluding carboxylic acids is 1. The van der Waals surface area contributed by atoms with Gasteiger partial charge in [-0.3, -0.25) is 4.99 Å². The van der Waals surface area contributed by atoms with Crippen molar-refractivity contribution >= 4 is 12.1 Å². The van der Waals surface area contributed by atoms with E-state index in [1.54, 1.807) is 12.0 Å². The topological polar surface area (TPSA) is 75.2 Å². The molecule has 1 heterocycles. The first-order chi connectivity index (χ1) is 13.4. The second kappa shape index (κ2) is 10.2. The molecule has 1 aliphatic heterocycles. The van der Waals surface area contributed by atoms with Crippen molar-refractivity contribution in [2.45, 2.75) is 45.1 Å². The molecular weight excluding hydrogens is 356 g/mol. The predicted molar refractivity (Wildman–Crippen MR) is 112 cm³/mol. The third kappa shape index (κ3) is 6.04. The van der Waals surface area contributed by atoms with Gasteiger partial charge in [0.25, 0.3) is 0 Å². The lowest BCUT2D eigenvalue weighted by atomic mass is 9.84. The molecule has 28 heavy (non-hydrogen) atoms. The number of piperidine rings is 1. The monoisotopic (exact) mass is 390 g/mol. The van der Waals surface area contributed by atoms with Crippen LogP contribution in [-0.4, -0.2) is 63.4 Å². The van der Waals surface area contributed by atoms with Crippen LogP contribution < -0.4 is 15.4 Å². The molecular formula is C21H34N4O3. The minimum absolute atomic E-state index is 0.120. The van der Waals surface area contributed by atoms with Gasteiger partial charge in [0, 0.05) is 31.1 Å². The molecule has 7 heteroatoms. The summed E-state index contributed by atoms with van der Waals surface area (Å²) in [6.45, 7) is 9.26. The molecule has 0 unspecified atom stereocenters. The highest BCUT2D eigenvalue weighted by molar-refractivity contribution is 5.80. The molecule has 0 aliphatic carbocycles. The van der Waals surface area contributed by atoms with Gasteiger partial charge in [0.2, 0.25) is 0 Å². The van der Waals surface area contributed by atoms with Crippen LogP contribution in [-0.2, 0) is 10.2 Å². The average Bonchev–Trinajstić information content (AvgIpc) is 2.72. The lowest BCUT2D eigenvalue weighted by Gasteiger charge is -2.32. The van der Waals surface area contributed by atoms with Crippen molar-refractivity contribution in [1.82, 2.24) is 15.5 Å². The number of rotatable bonds is 6. The quantitative estimate of drug-likeness (QED) is 0.577. The molecule has 1 saturated heterocycles. The fourth-order valence-corrected chi connectivity index (χ4v) is 3.26. The number of hydrogen-bond acceptors (Lipinski definition) is 4. The predicted octanol–water partition coefficient (Wildman–Crippen LogP) is 2.76. The Balaban J connectivity index is 1.99. The van der Waals surface area contributed by atoms with Gasteiger partial charge in [0.1, 0.15) is 5.75 Å². The van der Waals surface area contributed by atoms with E-state index < -0.39 is 0 Å². The Kier molecular flexibility index (Phi) is 7.96. The first-order valence-electron chi connectivity index (χ1n) is 9.92. The van der Waals surface area contributed by atoms with E-state index >= 15 is 0 Å². The van der Waals surface area contributed by atoms with Gasteiger partial charge in [-0.05, 0) is 37.5 Å². The Bertz CT molecular complexity index is 667. The van der Waals surface area contributed by atoms with Gasteiger partial charge >= 0.3 is 6.09 Å². The van der Waals surface area contributed by atoms with E-state index in [9.17, 15) is 4.79 Å². The molecule has 0 aromatic heterocycles. The third-order valence-electron chi connectivity index (χ3n) is 5.10. The maximum Gasteiger partial charge on any atom is 0.409 e. The molecule has 0 saturated carbocycles. The van der Waals surface area contributed by atoms with Crippen LogP contribution >= 0.6 is 0 Å². The van der Waals surface area contributed by atoms with E-state index in [-0.39, 0.29) is 11.5 Å². The number of carbonyl (C=O) groups is 1. The fraction of sp³-hybridized carbons (Fsp3) is 0.619. The van der Waals surface area contributed by atoms with Crippen LogP contribution in [0.25, 0.3) is 0 Å². The third-order valence-corrected chi connectivity index (χ3v) is 5.10. The van der Waals surface area contributed by atoms with E-state index in [0.29, 0.717) is 25.7 Å². The van der Waals surface area contributed by atoms with Gasteiger partial charge in [-0.1, -0.05) is 26.0 Å². The van der Waals surface area contributed by atoms with E-state index in [0.717, 1.165) is 31.1 Å². The maximum atomic E-state index is 11.6. The summed E-state index contributed by atoms with van der Waals surface area (Å²) >= 11 is 0. The number of nitrogens with one attached hydrogen (secondary N) is 2. The van der Waals surface area contributed by atoms with Crippen LogP contribution in [0.3, 0.4) is 0 Å². The number of methoxy groups -OCH3 is 2. The van der Waals surface area contributed by atoms with Crippen LogP contribution in [0.2, 0.25) is 0 Å². The largest absolute Gasteiger partial charge is 0.497 e. The molecule has 0 radical (unpaired) electrons. The lowest BCUT2D eigenvalue weighted by Crippen LogP contribution is -2.50. The van der Waals surface area contributed by atoms with Gasteiger partial charge in [-0.2, -0.15) is 0 Å². The van der Waals surface area contributed by atoms with Gasteiger partial charge in [-0.15, -0.1) is 0 Å². The summed E-state index contributed by atoms with van der Waals surface area (Å²) in [7, 11) is 3.11. The van der Waals surface area contributed by atoms with Gasteiger partial charge in [0.15, 0.2) is 5.96 Å². The van der Waals surface area contributed by atoms with Crippen LogP contribution in [0.5, 0.6) is 5.75 Å². The van der Waals surface area contributed by atoms with Crippen molar-refractivity contribution in [3.63, 3.8) is 0 Å². The summed E-state index contributed by atoms with van der Waals surface area (Å²) in [5.41, 5.74) is 1.07. The Labute approximate surface area is 168 Å². The maximum absolute atomic E-state index is 11.6. The van der Waals surface area contributed by atoms with Crippen molar-refractivity contribution in [3.05, 3.63) is 29.8 Å². The normalized spacial score (nSPS) is 15.9. The SMILES string of the molecule is CCNC(=NCC(C)(C)c1cccc(OC)c1)NC1CCN(C(=O)OC)CC1. The molecule has 0 atom stereocenters. The number of benzene rings is 1.